The number of halogens is 1. The summed E-state index contributed by atoms with van der Waals surface area (Å²) in [7, 11) is 0. The number of nitrogens with one attached hydrogen (secondary N) is 1. The first kappa shape index (κ1) is 14.5. The van der Waals surface area contributed by atoms with E-state index < -0.39 is 0 Å². The lowest BCUT2D eigenvalue weighted by Gasteiger charge is -2.23. The molecule has 4 rings (SSSR count). The van der Waals surface area contributed by atoms with Crippen molar-refractivity contribution in [3.8, 4) is 10.6 Å². The Morgan fingerprint density at radius 2 is 2.26 bits per heavy atom. The molecule has 118 valence electrons. The second kappa shape index (κ2) is 6.17. The maximum absolute atomic E-state index is 13.8. The summed E-state index contributed by atoms with van der Waals surface area (Å²) >= 11 is 1.47. The molecule has 1 N–H and O–H groups in total. The Labute approximate surface area is 137 Å². The molecule has 7 heteroatoms. The molecule has 0 spiro atoms. The normalized spacial score (nSPS) is 17.2. The third-order valence-electron chi connectivity index (χ3n) is 4.03. The van der Waals surface area contributed by atoms with Crippen LogP contribution in [0.4, 0.5) is 4.39 Å². The number of aryl methyl sites for hydroxylation is 1. The van der Waals surface area contributed by atoms with Crippen molar-refractivity contribution in [3.05, 3.63) is 53.3 Å². The van der Waals surface area contributed by atoms with Gasteiger partial charge < -0.3 is 5.32 Å². The van der Waals surface area contributed by atoms with Crippen LogP contribution in [0.2, 0.25) is 0 Å². The molecule has 0 unspecified atom stereocenters. The molecule has 0 amide bonds. The van der Waals surface area contributed by atoms with Gasteiger partial charge >= 0.3 is 0 Å². The summed E-state index contributed by atoms with van der Waals surface area (Å²) < 4.78 is 15.8. The summed E-state index contributed by atoms with van der Waals surface area (Å²) in [6, 6.07) is 7.11. The second-order valence-electron chi connectivity index (χ2n) is 5.60. The molecule has 1 aliphatic heterocycles. The van der Waals surface area contributed by atoms with E-state index in [0.29, 0.717) is 18.2 Å². The van der Waals surface area contributed by atoms with Gasteiger partial charge in [-0.25, -0.2) is 19.0 Å². The topological polar surface area (TPSA) is 55.6 Å². The van der Waals surface area contributed by atoms with E-state index in [0.717, 1.165) is 35.9 Å². The molecule has 0 saturated carbocycles. The monoisotopic (exact) mass is 329 g/mol. The lowest BCUT2D eigenvalue weighted by Crippen LogP contribution is -2.37. The quantitative estimate of drug-likeness (QED) is 0.799. The van der Waals surface area contributed by atoms with Gasteiger partial charge in [0.2, 0.25) is 0 Å². The molecule has 0 fully saturated rings. The first-order valence-corrected chi connectivity index (χ1v) is 8.47. The number of fused-ring (bicyclic) bond motifs is 1. The minimum absolute atomic E-state index is 0.229. The smallest absolute Gasteiger partial charge is 0.138 e. The van der Waals surface area contributed by atoms with Crippen LogP contribution < -0.4 is 5.32 Å². The maximum Gasteiger partial charge on any atom is 0.138 e. The average Bonchev–Trinajstić information content (AvgIpc) is 3.22. The Morgan fingerprint density at radius 1 is 1.35 bits per heavy atom. The van der Waals surface area contributed by atoms with Crippen LogP contribution in [-0.4, -0.2) is 25.8 Å². The van der Waals surface area contributed by atoms with Crippen molar-refractivity contribution in [3.63, 3.8) is 0 Å². The van der Waals surface area contributed by atoms with Gasteiger partial charge in [0, 0.05) is 30.0 Å². The highest BCUT2D eigenvalue weighted by Crippen LogP contribution is 2.26. The molecule has 0 aliphatic carbocycles. The molecule has 0 radical (unpaired) electrons. The van der Waals surface area contributed by atoms with E-state index in [2.05, 4.69) is 20.4 Å². The van der Waals surface area contributed by atoms with Crippen LogP contribution in [0.5, 0.6) is 0 Å². The van der Waals surface area contributed by atoms with E-state index in [1.165, 1.54) is 17.4 Å². The zero-order valence-corrected chi connectivity index (χ0v) is 13.3. The van der Waals surface area contributed by atoms with Crippen molar-refractivity contribution >= 4 is 11.3 Å². The fourth-order valence-electron chi connectivity index (χ4n) is 2.80. The van der Waals surface area contributed by atoms with Crippen molar-refractivity contribution in [1.82, 2.24) is 25.1 Å². The summed E-state index contributed by atoms with van der Waals surface area (Å²) in [6.45, 7) is 1.51. The number of nitrogens with zero attached hydrogens (tertiary/aromatic N) is 4. The summed E-state index contributed by atoms with van der Waals surface area (Å²) in [5.41, 5.74) is 1.51. The minimum atomic E-state index is -0.229. The van der Waals surface area contributed by atoms with Gasteiger partial charge in [0.1, 0.15) is 23.0 Å². The highest BCUT2D eigenvalue weighted by Gasteiger charge is 2.19. The van der Waals surface area contributed by atoms with E-state index in [1.54, 1.807) is 18.5 Å². The van der Waals surface area contributed by atoms with Gasteiger partial charge in [-0.1, -0.05) is 12.1 Å². The Hall–Kier alpha value is -2.12. The fourth-order valence-corrected chi connectivity index (χ4v) is 3.65. The summed E-state index contributed by atoms with van der Waals surface area (Å²) in [6.07, 6.45) is 3.59. The van der Waals surface area contributed by atoms with Gasteiger partial charge in [-0.05, 0) is 18.6 Å². The molecule has 3 heterocycles. The van der Waals surface area contributed by atoms with Crippen LogP contribution >= 0.6 is 11.3 Å². The number of rotatable bonds is 4. The second-order valence-corrected chi connectivity index (χ2v) is 6.46. The van der Waals surface area contributed by atoms with E-state index >= 15 is 0 Å². The molecule has 1 atom stereocenters. The van der Waals surface area contributed by atoms with E-state index in [4.69, 9.17) is 0 Å². The number of hydrogen-bond donors (Lipinski definition) is 1. The van der Waals surface area contributed by atoms with Crippen LogP contribution in [0.1, 0.15) is 17.9 Å². The van der Waals surface area contributed by atoms with Gasteiger partial charge in [-0.15, -0.1) is 11.3 Å². The van der Waals surface area contributed by atoms with Crippen molar-refractivity contribution in [2.24, 2.45) is 0 Å². The Kier molecular flexibility index (Phi) is 3.88. The molecule has 0 bridgehead atoms. The molecule has 1 aromatic carbocycles. The predicted molar refractivity (Wildman–Crippen MR) is 86.5 cm³/mol. The number of aromatic nitrogens is 4. The fraction of sp³-hybridized carbons (Fsp3) is 0.312. The van der Waals surface area contributed by atoms with Gasteiger partial charge in [0.15, 0.2) is 0 Å². The molecule has 3 aromatic rings. The van der Waals surface area contributed by atoms with Gasteiger partial charge in [0.25, 0.3) is 0 Å². The van der Waals surface area contributed by atoms with Gasteiger partial charge in [0.05, 0.1) is 12.2 Å². The summed E-state index contributed by atoms with van der Waals surface area (Å²) in [5, 5.41) is 10.4. The SMILES string of the molecule is Fc1ccccc1-c1nc(CN[C@@H]2CCc3ncnn3C2)cs1. The molecule has 0 saturated heterocycles. The molecule has 5 nitrogen and oxygen atoms in total. The highest BCUT2D eigenvalue weighted by molar-refractivity contribution is 7.13. The number of hydrogen-bond acceptors (Lipinski definition) is 5. The first-order chi connectivity index (χ1) is 11.3. The molecular weight excluding hydrogens is 313 g/mol. The zero-order valence-electron chi connectivity index (χ0n) is 12.4. The van der Waals surface area contributed by atoms with Gasteiger partial charge in [-0.2, -0.15) is 5.10 Å². The third kappa shape index (κ3) is 3.02. The van der Waals surface area contributed by atoms with Gasteiger partial charge in [-0.3, -0.25) is 0 Å². The predicted octanol–water partition coefficient (Wildman–Crippen LogP) is 2.65. The number of thiazole rings is 1. The van der Waals surface area contributed by atoms with Crippen molar-refractivity contribution in [2.45, 2.75) is 32.0 Å². The average molecular weight is 329 g/mol. The lowest BCUT2D eigenvalue weighted by atomic mass is 10.1. The van der Waals surface area contributed by atoms with Crippen LogP contribution in [0, 0.1) is 5.82 Å². The van der Waals surface area contributed by atoms with E-state index in [9.17, 15) is 4.39 Å². The summed E-state index contributed by atoms with van der Waals surface area (Å²) in [5.74, 6) is 0.825. The van der Waals surface area contributed by atoms with E-state index in [1.807, 2.05) is 16.1 Å². The zero-order chi connectivity index (χ0) is 15.6. The minimum Gasteiger partial charge on any atom is -0.306 e. The molecule has 1 aliphatic rings. The molecule has 23 heavy (non-hydrogen) atoms. The highest BCUT2D eigenvalue weighted by atomic mass is 32.1. The molecule has 2 aromatic heterocycles. The Morgan fingerprint density at radius 3 is 3.17 bits per heavy atom. The van der Waals surface area contributed by atoms with Crippen LogP contribution in [0.15, 0.2) is 36.0 Å². The first-order valence-electron chi connectivity index (χ1n) is 7.59. The van der Waals surface area contributed by atoms with Crippen molar-refractivity contribution in [2.75, 3.05) is 0 Å². The summed E-state index contributed by atoms with van der Waals surface area (Å²) in [4.78, 5) is 8.77. The van der Waals surface area contributed by atoms with Crippen LogP contribution in [0.25, 0.3) is 10.6 Å². The largest absolute Gasteiger partial charge is 0.306 e. The Balaban J connectivity index is 1.40. The third-order valence-corrected chi connectivity index (χ3v) is 4.96. The van der Waals surface area contributed by atoms with Crippen molar-refractivity contribution in [1.29, 1.82) is 0 Å². The lowest BCUT2D eigenvalue weighted by molar-refractivity contribution is 0.357. The Bertz CT molecular complexity index is 812. The molecular formula is C16H16FN5S. The van der Waals surface area contributed by atoms with Crippen LogP contribution in [0.3, 0.4) is 0 Å². The van der Waals surface area contributed by atoms with E-state index in [-0.39, 0.29) is 5.82 Å². The standard InChI is InChI=1S/C16H16FN5S/c17-14-4-2-1-3-13(14)16-21-12(9-23-16)7-18-11-5-6-15-19-10-20-22(15)8-11/h1-4,9-11,18H,5-8H2/t11-/m1/s1. The van der Waals surface area contributed by atoms with Crippen molar-refractivity contribution < 1.29 is 4.39 Å². The van der Waals surface area contributed by atoms with Crippen LogP contribution in [-0.2, 0) is 19.5 Å². The maximum atomic E-state index is 13.8. The number of benzene rings is 1.